The summed E-state index contributed by atoms with van der Waals surface area (Å²) in [5, 5.41) is 5.49. The first-order valence-corrected chi connectivity index (χ1v) is 7.30. The summed E-state index contributed by atoms with van der Waals surface area (Å²) in [5.41, 5.74) is 0. The second-order valence-electron chi connectivity index (χ2n) is 3.63. The maximum atomic E-state index is 6.37. The maximum Gasteiger partial charge on any atom is 0.0562 e. The van der Waals surface area contributed by atoms with Crippen molar-refractivity contribution in [3.8, 4) is 0 Å². The first kappa shape index (κ1) is 15.5. The van der Waals surface area contributed by atoms with Crippen LogP contribution in [-0.4, -0.2) is 0 Å². The summed E-state index contributed by atoms with van der Waals surface area (Å²) in [5.74, 6) is 0. The lowest BCUT2D eigenvalue weighted by Gasteiger charge is -2.05. The van der Waals surface area contributed by atoms with Crippen molar-refractivity contribution in [2.45, 2.75) is 27.7 Å². The largest absolute Gasteiger partial charge is 0.0830 e. The molecular formula is C18H21Cl. The lowest BCUT2D eigenvalue weighted by Crippen LogP contribution is -1.78. The van der Waals surface area contributed by atoms with Crippen LogP contribution in [0, 0.1) is 0 Å². The normalized spacial score (nSPS) is 9.32. The number of hydrogen-bond acceptors (Lipinski definition) is 0. The van der Waals surface area contributed by atoms with Crippen LogP contribution in [0.5, 0.6) is 0 Å². The zero-order chi connectivity index (χ0) is 14.3. The second-order valence-corrected chi connectivity index (χ2v) is 4.01. The van der Waals surface area contributed by atoms with E-state index in [1.54, 1.807) is 0 Å². The molecule has 3 aromatic rings. The van der Waals surface area contributed by atoms with Crippen LogP contribution in [0.3, 0.4) is 0 Å². The van der Waals surface area contributed by atoms with Gasteiger partial charge in [-0.3, -0.25) is 0 Å². The Labute approximate surface area is 121 Å². The molecule has 0 saturated carbocycles. The summed E-state index contributed by atoms with van der Waals surface area (Å²) in [4.78, 5) is 0. The van der Waals surface area contributed by atoms with Crippen molar-refractivity contribution >= 4 is 33.1 Å². The number of fused-ring (bicyclic) bond motifs is 2. The molecule has 3 aromatic carbocycles. The van der Waals surface area contributed by atoms with E-state index in [1.807, 2.05) is 52.0 Å². The van der Waals surface area contributed by atoms with E-state index in [2.05, 4.69) is 30.3 Å². The van der Waals surface area contributed by atoms with Gasteiger partial charge in [0.2, 0.25) is 0 Å². The van der Waals surface area contributed by atoms with Gasteiger partial charge in [0, 0.05) is 10.8 Å². The number of benzene rings is 3. The molecule has 0 nitrogen and oxygen atoms in total. The van der Waals surface area contributed by atoms with Gasteiger partial charge in [-0.05, 0) is 16.8 Å². The molecule has 0 radical (unpaired) electrons. The molecule has 0 bridgehead atoms. The van der Waals surface area contributed by atoms with Crippen molar-refractivity contribution in [3.05, 3.63) is 59.6 Å². The van der Waals surface area contributed by atoms with Gasteiger partial charge in [-0.2, -0.15) is 0 Å². The highest BCUT2D eigenvalue weighted by molar-refractivity contribution is 6.40. The lowest BCUT2D eigenvalue weighted by molar-refractivity contribution is 1.50. The van der Waals surface area contributed by atoms with Gasteiger partial charge in [-0.15, -0.1) is 0 Å². The average molecular weight is 273 g/mol. The van der Waals surface area contributed by atoms with E-state index < -0.39 is 0 Å². The molecule has 0 saturated heterocycles. The third kappa shape index (κ3) is 3.27. The van der Waals surface area contributed by atoms with Gasteiger partial charge < -0.3 is 0 Å². The summed E-state index contributed by atoms with van der Waals surface area (Å²) in [7, 11) is 0. The molecule has 0 aliphatic rings. The molecule has 0 heterocycles. The highest BCUT2D eigenvalue weighted by Gasteiger charge is 2.03. The van der Waals surface area contributed by atoms with Gasteiger partial charge in [0.05, 0.1) is 5.02 Å². The maximum absolute atomic E-state index is 6.37. The second kappa shape index (κ2) is 7.81. The van der Waals surface area contributed by atoms with E-state index in [4.69, 9.17) is 11.6 Å². The minimum atomic E-state index is 0.851. The molecule has 0 fully saturated rings. The van der Waals surface area contributed by atoms with Gasteiger partial charge >= 0.3 is 0 Å². The predicted octanol–water partition coefficient (Wildman–Crippen LogP) is 6.70. The van der Waals surface area contributed by atoms with E-state index in [0.29, 0.717) is 0 Å². The number of rotatable bonds is 0. The summed E-state index contributed by atoms with van der Waals surface area (Å²) in [6, 6.07) is 18.6. The molecule has 0 aliphatic heterocycles. The molecule has 0 atom stereocenters. The van der Waals surface area contributed by atoms with E-state index in [0.717, 1.165) is 15.8 Å². The van der Waals surface area contributed by atoms with Crippen molar-refractivity contribution in [1.82, 2.24) is 0 Å². The molecule has 19 heavy (non-hydrogen) atoms. The summed E-state index contributed by atoms with van der Waals surface area (Å²) >= 11 is 6.37. The van der Waals surface area contributed by atoms with E-state index in [9.17, 15) is 0 Å². The van der Waals surface area contributed by atoms with Crippen LogP contribution >= 0.6 is 11.6 Å². The quantitative estimate of drug-likeness (QED) is 0.400. The van der Waals surface area contributed by atoms with Crippen LogP contribution in [0.25, 0.3) is 21.5 Å². The Balaban J connectivity index is 0.000000415. The smallest absolute Gasteiger partial charge is 0.0562 e. The van der Waals surface area contributed by atoms with Gasteiger partial charge in [0.15, 0.2) is 0 Å². The van der Waals surface area contributed by atoms with Crippen LogP contribution in [0.1, 0.15) is 27.7 Å². The van der Waals surface area contributed by atoms with Crippen LogP contribution in [0.2, 0.25) is 5.02 Å². The molecule has 1 heteroatoms. The monoisotopic (exact) mass is 272 g/mol. The molecule has 0 aromatic heterocycles. The van der Waals surface area contributed by atoms with Crippen LogP contribution in [0.4, 0.5) is 0 Å². The molecular weight excluding hydrogens is 252 g/mol. The van der Waals surface area contributed by atoms with Crippen molar-refractivity contribution in [2.24, 2.45) is 0 Å². The first-order valence-electron chi connectivity index (χ1n) is 6.92. The summed E-state index contributed by atoms with van der Waals surface area (Å²) in [6.45, 7) is 8.00. The SMILES string of the molecule is CC.CC.Clc1c2ccccc2cc2ccccc12. The van der Waals surface area contributed by atoms with Crippen LogP contribution in [-0.2, 0) is 0 Å². The lowest BCUT2D eigenvalue weighted by atomic mass is 10.0. The minimum absolute atomic E-state index is 0.851. The van der Waals surface area contributed by atoms with Gasteiger partial charge in [-0.1, -0.05) is 87.8 Å². The van der Waals surface area contributed by atoms with Crippen molar-refractivity contribution < 1.29 is 0 Å². The predicted molar refractivity (Wildman–Crippen MR) is 89.2 cm³/mol. The Morgan fingerprint density at radius 1 is 0.632 bits per heavy atom. The highest BCUT2D eigenvalue weighted by atomic mass is 35.5. The summed E-state index contributed by atoms with van der Waals surface area (Å²) in [6.07, 6.45) is 0. The first-order chi connectivity index (χ1) is 9.36. The van der Waals surface area contributed by atoms with Crippen molar-refractivity contribution in [1.29, 1.82) is 0 Å². The van der Waals surface area contributed by atoms with Crippen molar-refractivity contribution in [3.63, 3.8) is 0 Å². The van der Waals surface area contributed by atoms with Crippen LogP contribution in [0.15, 0.2) is 54.6 Å². The van der Waals surface area contributed by atoms with Gasteiger partial charge in [0.1, 0.15) is 0 Å². The van der Waals surface area contributed by atoms with E-state index in [-0.39, 0.29) is 0 Å². The Hall–Kier alpha value is -1.53. The van der Waals surface area contributed by atoms with E-state index >= 15 is 0 Å². The van der Waals surface area contributed by atoms with Crippen LogP contribution < -0.4 is 0 Å². The topological polar surface area (TPSA) is 0 Å². The number of halogens is 1. The fourth-order valence-electron chi connectivity index (χ4n) is 1.96. The zero-order valence-electron chi connectivity index (χ0n) is 12.1. The Kier molecular flexibility index (Phi) is 6.38. The Morgan fingerprint density at radius 2 is 1.00 bits per heavy atom. The van der Waals surface area contributed by atoms with Gasteiger partial charge in [-0.25, -0.2) is 0 Å². The molecule has 100 valence electrons. The third-order valence-electron chi connectivity index (χ3n) is 2.71. The molecule has 0 unspecified atom stereocenters. The fraction of sp³-hybridized carbons (Fsp3) is 0.222. The fourth-order valence-corrected chi connectivity index (χ4v) is 2.30. The zero-order valence-corrected chi connectivity index (χ0v) is 12.8. The Morgan fingerprint density at radius 3 is 1.42 bits per heavy atom. The standard InChI is InChI=1S/C14H9Cl.2C2H6/c15-14-12-7-3-1-5-10(12)9-11-6-2-4-8-13(11)14;2*1-2/h1-9H;2*1-2H3. The number of hydrogen-bond donors (Lipinski definition) is 0. The molecule has 3 rings (SSSR count). The minimum Gasteiger partial charge on any atom is -0.0830 e. The molecule has 0 spiro atoms. The average Bonchev–Trinajstić information content (AvgIpc) is 2.52. The van der Waals surface area contributed by atoms with E-state index in [1.165, 1.54) is 10.8 Å². The van der Waals surface area contributed by atoms with Gasteiger partial charge in [0.25, 0.3) is 0 Å². The molecule has 0 N–H and O–H groups in total. The Bertz CT molecular complexity index is 587. The third-order valence-corrected chi connectivity index (χ3v) is 3.11. The summed E-state index contributed by atoms with van der Waals surface area (Å²) < 4.78 is 0. The molecule has 0 amide bonds. The highest BCUT2D eigenvalue weighted by Crippen LogP contribution is 2.31. The van der Waals surface area contributed by atoms with Crippen molar-refractivity contribution in [2.75, 3.05) is 0 Å². The molecule has 0 aliphatic carbocycles.